The van der Waals surface area contributed by atoms with Crippen LogP contribution in [0.3, 0.4) is 0 Å². The van der Waals surface area contributed by atoms with Crippen molar-refractivity contribution in [1.29, 1.82) is 0 Å². The van der Waals surface area contributed by atoms with E-state index in [1.807, 2.05) is 26.0 Å². The summed E-state index contributed by atoms with van der Waals surface area (Å²) < 4.78 is 5.04. The normalized spacial score (nSPS) is 10.2. The summed E-state index contributed by atoms with van der Waals surface area (Å²) in [5.41, 5.74) is 8.33. The lowest BCUT2D eigenvalue weighted by Gasteiger charge is -2.10. The van der Waals surface area contributed by atoms with E-state index in [1.165, 1.54) is 7.11 Å². The van der Waals surface area contributed by atoms with Gasteiger partial charge in [0, 0.05) is 11.8 Å². The molecule has 0 saturated carbocycles. The van der Waals surface area contributed by atoms with E-state index in [-0.39, 0.29) is 5.95 Å². The number of nitrogens with two attached hydrogens (primary N) is 1. The molecule has 6 heteroatoms. The summed E-state index contributed by atoms with van der Waals surface area (Å²) >= 11 is 0. The molecule has 0 aliphatic carbocycles. The van der Waals surface area contributed by atoms with Gasteiger partial charge in [0.05, 0.1) is 18.5 Å². The van der Waals surface area contributed by atoms with Crippen LogP contribution in [0.1, 0.15) is 11.4 Å². The maximum absolute atomic E-state index is 5.59. The van der Waals surface area contributed by atoms with E-state index >= 15 is 0 Å². The van der Waals surface area contributed by atoms with Crippen molar-refractivity contribution in [1.82, 2.24) is 15.0 Å². The smallest absolute Gasteiger partial charge is 0.225 e. The zero-order valence-corrected chi connectivity index (χ0v) is 10.6. The Hall–Kier alpha value is -2.37. The largest absolute Gasteiger partial charge is 0.481 e. The number of hydrogen-bond donors (Lipinski definition) is 2. The zero-order chi connectivity index (χ0) is 13.1. The molecular formula is C12H15N5O. The van der Waals surface area contributed by atoms with Crippen LogP contribution in [0.5, 0.6) is 5.88 Å². The van der Waals surface area contributed by atoms with Crippen molar-refractivity contribution in [3.63, 3.8) is 0 Å². The number of aromatic nitrogens is 3. The molecule has 0 radical (unpaired) electrons. The van der Waals surface area contributed by atoms with Crippen molar-refractivity contribution >= 4 is 17.5 Å². The predicted molar refractivity (Wildman–Crippen MR) is 70.0 cm³/mol. The molecule has 18 heavy (non-hydrogen) atoms. The van der Waals surface area contributed by atoms with Gasteiger partial charge in [0.1, 0.15) is 5.82 Å². The Morgan fingerprint density at radius 2 is 1.94 bits per heavy atom. The minimum atomic E-state index is 0.162. The fourth-order valence-corrected chi connectivity index (χ4v) is 1.57. The highest BCUT2D eigenvalue weighted by molar-refractivity contribution is 5.60. The summed E-state index contributed by atoms with van der Waals surface area (Å²) in [6.45, 7) is 3.87. The lowest BCUT2D eigenvalue weighted by Crippen LogP contribution is -2.03. The summed E-state index contributed by atoms with van der Waals surface area (Å²) in [6, 6.07) is 5.55. The summed E-state index contributed by atoms with van der Waals surface area (Å²) in [4.78, 5) is 12.4. The Labute approximate surface area is 105 Å². The monoisotopic (exact) mass is 245 g/mol. The average Bonchev–Trinajstić information content (AvgIpc) is 2.32. The molecule has 0 fully saturated rings. The summed E-state index contributed by atoms with van der Waals surface area (Å²) in [5, 5.41) is 3.14. The van der Waals surface area contributed by atoms with Crippen molar-refractivity contribution in [2.75, 3.05) is 18.2 Å². The minimum absolute atomic E-state index is 0.162. The van der Waals surface area contributed by atoms with E-state index in [0.717, 1.165) is 17.1 Å². The molecule has 0 aliphatic heterocycles. The first-order valence-corrected chi connectivity index (χ1v) is 5.48. The Balaban J connectivity index is 2.30. The van der Waals surface area contributed by atoms with Gasteiger partial charge in [-0.1, -0.05) is 0 Å². The fraction of sp³-hybridized carbons (Fsp3) is 0.250. The number of hydrogen-bond acceptors (Lipinski definition) is 6. The second kappa shape index (κ2) is 4.87. The lowest BCUT2D eigenvalue weighted by atomic mass is 10.2. The predicted octanol–water partition coefficient (Wildman–Crippen LogP) is 1.82. The molecule has 0 spiro atoms. The van der Waals surface area contributed by atoms with Crippen molar-refractivity contribution in [2.24, 2.45) is 0 Å². The molecule has 0 aliphatic rings. The highest BCUT2D eigenvalue weighted by Gasteiger charge is 2.05. The third-order valence-electron chi connectivity index (χ3n) is 2.42. The minimum Gasteiger partial charge on any atom is -0.481 e. The molecule has 0 unspecified atom stereocenters. The van der Waals surface area contributed by atoms with Crippen LogP contribution in [-0.4, -0.2) is 22.1 Å². The highest BCUT2D eigenvalue weighted by atomic mass is 16.5. The number of ether oxygens (including phenoxy) is 1. The first-order chi connectivity index (χ1) is 8.58. The van der Waals surface area contributed by atoms with Crippen LogP contribution in [0, 0.1) is 13.8 Å². The molecule has 0 saturated heterocycles. The molecule has 0 aromatic carbocycles. The number of nitrogens with zero attached hydrogens (tertiary/aromatic N) is 3. The van der Waals surface area contributed by atoms with Gasteiger partial charge in [0.2, 0.25) is 11.8 Å². The van der Waals surface area contributed by atoms with E-state index < -0.39 is 0 Å². The van der Waals surface area contributed by atoms with E-state index in [4.69, 9.17) is 10.5 Å². The second-order valence-corrected chi connectivity index (χ2v) is 3.86. The summed E-state index contributed by atoms with van der Waals surface area (Å²) in [7, 11) is 1.53. The number of aryl methyl sites for hydroxylation is 2. The van der Waals surface area contributed by atoms with Gasteiger partial charge in [-0.15, -0.1) is 0 Å². The number of methoxy groups -OCH3 is 1. The Morgan fingerprint density at radius 3 is 2.61 bits per heavy atom. The molecule has 2 aromatic heterocycles. The molecule has 94 valence electrons. The topological polar surface area (TPSA) is 86.0 Å². The van der Waals surface area contributed by atoms with Crippen LogP contribution in [0.4, 0.5) is 17.5 Å². The molecule has 2 aromatic rings. The molecule has 3 N–H and O–H groups in total. The Kier molecular flexibility index (Phi) is 3.27. The third kappa shape index (κ3) is 2.65. The SMILES string of the molecule is COc1cc(Nc2ccc(C)nc2C)nc(N)n1. The van der Waals surface area contributed by atoms with Crippen LogP contribution < -0.4 is 15.8 Å². The van der Waals surface area contributed by atoms with Crippen molar-refractivity contribution in [2.45, 2.75) is 13.8 Å². The summed E-state index contributed by atoms with van der Waals surface area (Å²) in [6.07, 6.45) is 0. The number of anilines is 3. The quantitative estimate of drug-likeness (QED) is 0.857. The Morgan fingerprint density at radius 1 is 1.17 bits per heavy atom. The second-order valence-electron chi connectivity index (χ2n) is 3.86. The van der Waals surface area contributed by atoms with Gasteiger partial charge in [0.15, 0.2) is 0 Å². The highest BCUT2D eigenvalue weighted by Crippen LogP contribution is 2.21. The number of nitrogens with one attached hydrogen (secondary N) is 1. The van der Waals surface area contributed by atoms with E-state index in [0.29, 0.717) is 11.7 Å². The first-order valence-electron chi connectivity index (χ1n) is 5.48. The zero-order valence-electron chi connectivity index (χ0n) is 10.6. The maximum Gasteiger partial charge on any atom is 0.225 e. The molecule has 6 nitrogen and oxygen atoms in total. The number of pyridine rings is 1. The molecule has 0 amide bonds. The average molecular weight is 245 g/mol. The standard InChI is InChI=1S/C12H15N5O/c1-7-4-5-9(8(2)14-7)15-10-6-11(18-3)17-12(13)16-10/h4-6H,1-3H3,(H3,13,15,16,17). The van der Waals surface area contributed by atoms with Gasteiger partial charge in [-0.05, 0) is 26.0 Å². The molecule has 2 rings (SSSR count). The molecule has 0 atom stereocenters. The van der Waals surface area contributed by atoms with Gasteiger partial charge in [-0.2, -0.15) is 9.97 Å². The van der Waals surface area contributed by atoms with Crippen molar-refractivity contribution in [3.8, 4) is 5.88 Å². The van der Waals surface area contributed by atoms with Gasteiger partial charge in [-0.25, -0.2) is 0 Å². The van der Waals surface area contributed by atoms with Crippen LogP contribution in [0.2, 0.25) is 0 Å². The Bertz CT molecular complexity index is 570. The summed E-state index contributed by atoms with van der Waals surface area (Å²) in [5.74, 6) is 1.16. The maximum atomic E-state index is 5.59. The number of rotatable bonds is 3. The molecule has 2 heterocycles. The third-order valence-corrected chi connectivity index (χ3v) is 2.42. The first kappa shape index (κ1) is 12.1. The van der Waals surface area contributed by atoms with Gasteiger partial charge >= 0.3 is 0 Å². The van der Waals surface area contributed by atoms with Gasteiger partial charge in [0.25, 0.3) is 0 Å². The number of nitrogen functional groups attached to an aromatic ring is 1. The van der Waals surface area contributed by atoms with Crippen molar-refractivity contribution in [3.05, 3.63) is 29.6 Å². The van der Waals surface area contributed by atoms with Crippen LogP contribution in [-0.2, 0) is 0 Å². The van der Waals surface area contributed by atoms with E-state index in [9.17, 15) is 0 Å². The van der Waals surface area contributed by atoms with Gasteiger partial charge in [-0.3, -0.25) is 4.98 Å². The van der Waals surface area contributed by atoms with Crippen molar-refractivity contribution < 1.29 is 4.74 Å². The van der Waals surface area contributed by atoms with E-state index in [2.05, 4.69) is 20.3 Å². The van der Waals surface area contributed by atoms with Gasteiger partial charge < -0.3 is 15.8 Å². The lowest BCUT2D eigenvalue weighted by molar-refractivity contribution is 0.398. The van der Waals surface area contributed by atoms with Crippen LogP contribution in [0.25, 0.3) is 0 Å². The van der Waals surface area contributed by atoms with Crippen LogP contribution in [0.15, 0.2) is 18.2 Å². The van der Waals surface area contributed by atoms with Crippen LogP contribution >= 0.6 is 0 Å². The molecular weight excluding hydrogens is 230 g/mol. The molecule has 0 bridgehead atoms. The fourth-order valence-electron chi connectivity index (χ4n) is 1.57. The van der Waals surface area contributed by atoms with E-state index in [1.54, 1.807) is 6.07 Å².